The molecule has 0 spiro atoms. The number of rotatable bonds is 7. The molecular formula is C22H19NO4S. The summed E-state index contributed by atoms with van der Waals surface area (Å²) in [5.41, 5.74) is 2.55. The first-order valence-electron chi connectivity index (χ1n) is 8.64. The third kappa shape index (κ3) is 4.97. The first-order valence-corrected chi connectivity index (χ1v) is 10.0. The monoisotopic (exact) mass is 393 g/mol. The topological polar surface area (TPSA) is 76.4 Å². The van der Waals surface area contributed by atoms with Crippen LogP contribution in [0.15, 0.2) is 83.8 Å². The summed E-state index contributed by atoms with van der Waals surface area (Å²) in [5.74, 6) is 0.170. The Kier molecular flexibility index (Phi) is 6.09. The van der Waals surface area contributed by atoms with Crippen molar-refractivity contribution >= 4 is 10.1 Å². The molecule has 0 saturated heterocycles. The van der Waals surface area contributed by atoms with Gasteiger partial charge in [0.2, 0.25) is 0 Å². The van der Waals surface area contributed by atoms with Crippen LogP contribution in [0.5, 0.6) is 5.75 Å². The molecule has 0 aromatic heterocycles. The highest BCUT2D eigenvalue weighted by Crippen LogP contribution is 2.24. The Hall–Kier alpha value is -3.14. The Balaban J connectivity index is 1.68. The van der Waals surface area contributed by atoms with Gasteiger partial charge in [-0.2, -0.15) is 13.7 Å². The minimum atomic E-state index is -3.91. The normalized spacial score (nSPS) is 12.1. The fraction of sp³-hybridized carbons (Fsp3) is 0.136. The van der Waals surface area contributed by atoms with E-state index in [0.29, 0.717) is 12.2 Å². The quantitative estimate of drug-likeness (QED) is 0.551. The molecule has 1 atom stereocenters. The molecule has 5 nitrogen and oxygen atoms in total. The number of benzene rings is 3. The van der Waals surface area contributed by atoms with Gasteiger partial charge < -0.3 is 8.92 Å². The lowest BCUT2D eigenvalue weighted by Gasteiger charge is -2.12. The van der Waals surface area contributed by atoms with Gasteiger partial charge in [-0.05, 0) is 42.3 Å². The van der Waals surface area contributed by atoms with E-state index in [1.807, 2.05) is 37.3 Å². The Morgan fingerprint density at radius 1 is 0.929 bits per heavy atom. The van der Waals surface area contributed by atoms with Crippen molar-refractivity contribution in [2.45, 2.75) is 24.5 Å². The third-order valence-corrected chi connectivity index (χ3v) is 5.34. The molecule has 3 aromatic carbocycles. The third-order valence-electron chi connectivity index (χ3n) is 4.08. The van der Waals surface area contributed by atoms with Crippen molar-refractivity contribution in [2.24, 2.45) is 0 Å². The summed E-state index contributed by atoms with van der Waals surface area (Å²) in [6.45, 7) is 2.18. The average molecular weight is 393 g/mol. The predicted octanol–water partition coefficient (Wildman–Crippen LogP) is 4.54. The van der Waals surface area contributed by atoms with E-state index in [-0.39, 0.29) is 10.6 Å². The van der Waals surface area contributed by atoms with Crippen LogP contribution in [0.1, 0.15) is 22.8 Å². The minimum absolute atomic E-state index is 0.0864. The van der Waals surface area contributed by atoms with Crippen molar-refractivity contribution in [3.63, 3.8) is 0 Å². The maximum Gasteiger partial charge on any atom is 0.339 e. The van der Waals surface area contributed by atoms with Crippen molar-refractivity contribution < 1.29 is 17.3 Å². The molecule has 3 aromatic rings. The highest BCUT2D eigenvalue weighted by molar-refractivity contribution is 7.87. The summed E-state index contributed by atoms with van der Waals surface area (Å²) in [6, 6.07) is 24.4. The molecule has 0 aliphatic rings. The van der Waals surface area contributed by atoms with Crippen LogP contribution < -0.4 is 4.18 Å². The van der Waals surface area contributed by atoms with Gasteiger partial charge in [0.1, 0.15) is 10.6 Å². The Labute approximate surface area is 164 Å². The first kappa shape index (κ1) is 19.6. The van der Waals surface area contributed by atoms with E-state index >= 15 is 0 Å². The smallest absolute Gasteiger partial charge is 0.339 e. The average Bonchev–Trinajstić information content (AvgIpc) is 2.70. The zero-order chi connectivity index (χ0) is 20.0. The fourth-order valence-corrected chi connectivity index (χ4v) is 3.47. The van der Waals surface area contributed by atoms with E-state index in [4.69, 9.17) is 8.92 Å². The first-order chi connectivity index (χ1) is 13.5. The van der Waals surface area contributed by atoms with Gasteiger partial charge in [0.15, 0.2) is 6.10 Å². The molecule has 0 aliphatic carbocycles. The molecule has 0 radical (unpaired) electrons. The van der Waals surface area contributed by atoms with Gasteiger partial charge in [-0.3, -0.25) is 0 Å². The van der Waals surface area contributed by atoms with Crippen LogP contribution in [-0.4, -0.2) is 8.42 Å². The number of nitrogens with zero attached hydrogens (tertiary/aromatic N) is 1. The van der Waals surface area contributed by atoms with Gasteiger partial charge in [0.05, 0.1) is 12.7 Å². The molecule has 0 heterocycles. The predicted molar refractivity (Wildman–Crippen MR) is 105 cm³/mol. The van der Waals surface area contributed by atoms with Crippen LogP contribution >= 0.6 is 0 Å². The largest absolute Gasteiger partial charge is 0.379 e. The van der Waals surface area contributed by atoms with E-state index in [9.17, 15) is 13.7 Å². The Morgan fingerprint density at radius 3 is 2.18 bits per heavy atom. The van der Waals surface area contributed by atoms with Crippen molar-refractivity contribution in [3.05, 3.63) is 95.6 Å². The van der Waals surface area contributed by atoms with Gasteiger partial charge in [-0.25, -0.2) is 0 Å². The molecule has 0 bridgehead atoms. The highest BCUT2D eigenvalue weighted by Gasteiger charge is 2.17. The lowest BCUT2D eigenvalue weighted by atomic mass is 10.1. The zero-order valence-corrected chi connectivity index (χ0v) is 16.1. The number of hydrogen-bond donors (Lipinski definition) is 0. The molecule has 0 N–H and O–H groups in total. The second-order valence-electron chi connectivity index (χ2n) is 6.23. The summed E-state index contributed by atoms with van der Waals surface area (Å²) in [4.78, 5) is 0.0864. The summed E-state index contributed by atoms with van der Waals surface area (Å²) in [6.07, 6.45) is -0.761. The summed E-state index contributed by atoms with van der Waals surface area (Å²) in [7, 11) is -3.91. The second kappa shape index (κ2) is 8.70. The molecule has 142 valence electrons. The van der Waals surface area contributed by atoms with Crippen LogP contribution in [0.2, 0.25) is 0 Å². The minimum Gasteiger partial charge on any atom is -0.379 e. The van der Waals surface area contributed by atoms with E-state index in [1.54, 1.807) is 24.3 Å². The van der Waals surface area contributed by atoms with Gasteiger partial charge in [-0.1, -0.05) is 60.2 Å². The highest BCUT2D eigenvalue weighted by atomic mass is 32.2. The summed E-state index contributed by atoms with van der Waals surface area (Å²) < 4.78 is 35.5. The van der Waals surface area contributed by atoms with Crippen molar-refractivity contribution in [3.8, 4) is 11.8 Å². The van der Waals surface area contributed by atoms with E-state index in [0.717, 1.165) is 11.1 Å². The lowest BCUT2D eigenvalue weighted by molar-refractivity contribution is 0.0767. The second-order valence-corrected chi connectivity index (χ2v) is 7.77. The molecule has 0 fully saturated rings. The van der Waals surface area contributed by atoms with Crippen LogP contribution in [0.4, 0.5) is 0 Å². The van der Waals surface area contributed by atoms with Gasteiger partial charge in [0.25, 0.3) is 0 Å². The lowest BCUT2D eigenvalue weighted by Crippen LogP contribution is -2.10. The number of ether oxygens (including phenoxy) is 1. The number of aryl methyl sites for hydroxylation is 1. The van der Waals surface area contributed by atoms with Crippen molar-refractivity contribution in [2.75, 3.05) is 0 Å². The summed E-state index contributed by atoms with van der Waals surface area (Å²) >= 11 is 0. The molecule has 0 aliphatic heterocycles. The van der Waals surface area contributed by atoms with E-state index in [2.05, 4.69) is 6.07 Å². The van der Waals surface area contributed by atoms with Gasteiger partial charge >= 0.3 is 10.1 Å². The molecule has 3 rings (SSSR count). The summed E-state index contributed by atoms with van der Waals surface area (Å²) in [5, 5.41) is 9.38. The SMILES string of the molecule is Cc1ccc(S(=O)(=O)Oc2ccc(C(C#N)OCc3ccccc3)cc2)cc1. The molecule has 0 amide bonds. The van der Waals surface area contributed by atoms with Gasteiger partial charge in [-0.15, -0.1) is 0 Å². The fourth-order valence-electron chi connectivity index (χ4n) is 2.54. The zero-order valence-electron chi connectivity index (χ0n) is 15.3. The van der Waals surface area contributed by atoms with Gasteiger partial charge in [0, 0.05) is 0 Å². The molecule has 1 unspecified atom stereocenters. The van der Waals surface area contributed by atoms with E-state index < -0.39 is 16.2 Å². The Morgan fingerprint density at radius 2 is 1.57 bits per heavy atom. The van der Waals surface area contributed by atoms with Crippen molar-refractivity contribution in [1.82, 2.24) is 0 Å². The number of hydrogen-bond acceptors (Lipinski definition) is 5. The molecular weight excluding hydrogens is 374 g/mol. The van der Waals surface area contributed by atoms with Crippen LogP contribution in [0.3, 0.4) is 0 Å². The maximum atomic E-state index is 12.3. The van der Waals surface area contributed by atoms with Crippen molar-refractivity contribution in [1.29, 1.82) is 5.26 Å². The molecule has 6 heteroatoms. The molecule has 28 heavy (non-hydrogen) atoms. The number of nitriles is 1. The van der Waals surface area contributed by atoms with Crippen LogP contribution in [0.25, 0.3) is 0 Å². The standard InChI is InChI=1S/C22H19NO4S/c1-17-7-13-21(14-8-17)28(24,25)27-20-11-9-19(10-12-20)22(15-23)26-16-18-5-3-2-4-6-18/h2-14,22H,16H2,1H3. The van der Waals surface area contributed by atoms with Crippen LogP contribution in [0, 0.1) is 18.3 Å². The Bertz CT molecular complexity index is 1050. The molecule has 0 saturated carbocycles. The maximum absolute atomic E-state index is 12.3. The van der Waals surface area contributed by atoms with Crippen LogP contribution in [-0.2, 0) is 21.5 Å². The van der Waals surface area contributed by atoms with E-state index in [1.165, 1.54) is 24.3 Å².